The largest absolute Gasteiger partial charge is 0.481 e. The van der Waals surface area contributed by atoms with E-state index in [1.807, 2.05) is 0 Å². The first kappa shape index (κ1) is 10.9. The summed E-state index contributed by atoms with van der Waals surface area (Å²) in [5.41, 5.74) is 0.455. The van der Waals surface area contributed by atoms with E-state index in [9.17, 15) is 4.79 Å². The Hall–Kier alpha value is -0.570. The van der Waals surface area contributed by atoms with Gasteiger partial charge in [-0.15, -0.1) is 0 Å². The third-order valence-electron chi connectivity index (χ3n) is 3.77. The average molecular weight is 211 g/mol. The Morgan fingerprint density at radius 2 is 2.00 bits per heavy atom. The van der Waals surface area contributed by atoms with Crippen LogP contribution in [0.25, 0.3) is 0 Å². The molecule has 1 aliphatic heterocycles. The molecule has 0 amide bonds. The second kappa shape index (κ2) is 3.78. The molecule has 2 unspecified atom stereocenters. The normalized spacial score (nSPS) is 35.9. The lowest BCUT2D eigenvalue weighted by Gasteiger charge is -2.51. The molecule has 0 aromatic heterocycles. The van der Waals surface area contributed by atoms with Crippen LogP contribution in [0.4, 0.5) is 0 Å². The molecule has 1 saturated carbocycles. The molecule has 1 heterocycles. The highest BCUT2D eigenvalue weighted by Crippen LogP contribution is 2.36. The lowest BCUT2D eigenvalue weighted by Crippen LogP contribution is -2.58. The molecule has 3 nitrogen and oxygen atoms in total. The molecule has 1 N–H and O–H groups in total. The Bertz CT molecular complexity index is 254. The first-order valence-corrected chi connectivity index (χ1v) is 5.95. The molecule has 0 bridgehead atoms. The predicted octanol–water partition coefficient (Wildman–Crippen LogP) is 1.97. The lowest BCUT2D eigenvalue weighted by molar-refractivity contribution is -0.144. The van der Waals surface area contributed by atoms with Gasteiger partial charge in [0.1, 0.15) is 0 Å². The Morgan fingerprint density at radius 3 is 2.53 bits per heavy atom. The van der Waals surface area contributed by atoms with Crippen molar-refractivity contribution in [3.8, 4) is 0 Å². The maximum Gasteiger partial charge on any atom is 0.306 e. The summed E-state index contributed by atoms with van der Waals surface area (Å²) in [6, 6.07) is 0.535. The van der Waals surface area contributed by atoms with E-state index in [2.05, 4.69) is 18.7 Å². The second-order valence-corrected chi connectivity index (χ2v) is 5.92. The summed E-state index contributed by atoms with van der Waals surface area (Å²) in [6.45, 7) is 6.84. The fourth-order valence-corrected chi connectivity index (χ4v) is 3.03. The zero-order chi connectivity index (χ0) is 11.1. The highest BCUT2D eigenvalue weighted by Gasteiger charge is 2.40. The molecule has 2 fully saturated rings. The summed E-state index contributed by atoms with van der Waals surface area (Å²) in [6.07, 6.45) is 4.02. The van der Waals surface area contributed by atoms with Crippen molar-refractivity contribution in [2.75, 3.05) is 13.1 Å². The van der Waals surface area contributed by atoms with Gasteiger partial charge >= 0.3 is 5.97 Å². The Labute approximate surface area is 91.5 Å². The highest BCUT2D eigenvalue weighted by molar-refractivity contribution is 5.70. The van der Waals surface area contributed by atoms with Crippen LogP contribution >= 0.6 is 0 Å². The van der Waals surface area contributed by atoms with Gasteiger partial charge in [0, 0.05) is 19.1 Å². The number of carboxylic acid groups (broad SMARTS) is 1. The van der Waals surface area contributed by atoms with E-state index in [0.717, 1.165) is 32.4 Å². The van der Waals surface area contributed by atoms with Crippen molar-refractivity contribution in [2.45, 2.75) is 45.6 Å². The zero-order valence-electron chi connectivity index (χ0n) is 9.70. The van der Waals surface area contributed by atoms with Gasteiger partial charge in [-0.25, -0.2) is 0 Å². The van der Waals surface area contributed by atoms with Crippen LogP contribution in [0.15, 0.2) is 0 Å². The molecule has 2 rings (SSSR count). The van der Waals surface area contributed by atoms with Crippen LogP contribution in [0.2, 0.25) is 0 Å². The van der Waals surface area contributed by atoms with Gasteiger partial charge in [0.2, 0.25) is 0 Å². The third kappa shape index (κ3) is 2.33. The van der Waals surface area contributed by atoms with Crippen molar-refractivity contribution < 1.29 is 9.90 Å². The van der Waals surface area contributed by atoms with Gasteiger partial charge in [-0.2, -0.15) is 0 Å². The smallest absolute Gasteiger partial charge is 0.306 e. The molecular formula is C12H21NO2. The first-order valence-electron chi connectivity index (χ1n) is 5.95. The average Bonchev–Trinajstić information content (AvgIpc) is 2.14. The quantitative estimate of drug-likeness (QED) is 0.759. The monoisotopic (exact) mass is 211 g/mol. The molecule has 15 heavy (non-hydrogen) atoms. The fourth-order valence-electron chi connectivity index (χ4n) is 3.03. The van der Waals surface area contributed by atoms with Gasteiger partial charge in [-0.05, 0) is 24.7 Å². The standard InChI is InChI=1S/C12H21NO2/c1-12(2)7-13(8-12)10-5-3-4-9(6-10)11(14)15/h9-10H,3-8H2,1-2H3,(H,14,15). The van der Waals surface area contributed by atoms with Gasteiger partial charge in [0.15, 0.2) is 0 Å². The molecule has 0 aromatic rings. The summed E-state index contributed by atoms with van der Waals surface area (Å²) < 4.78 is 0. The number of carboxylic acids is 1. The summed E-state index contributed by atoms with van der Waals surface area (Å²) in [5.74, 6) is -0.688. The molecular weight excluding hydrogens is 190 g/mol. The number of rotatable bonds is 2. The van der Waals surface area contributed by atoms with Crippen LogP contribution in [-0.4, -0.2) is 35.1 Å². The molecule has 0 radical (unpaired) electrons. The van der Waals surface area contributed by atoms with E-state index < -0.39 is 5.97 Å². The number of hydrogen-bond donors (Lipinski definition) is 1. The van der Waals surface area contributed by atoms with Crippen molar-refractivity contribution in [2.24, 2.45) is 11.3 Å². The molecule has 2 atom stereocenters. The van der Waals surface area contributed by atoms with Crippen LogP contribution in [-0.2, 0) is 4.79 Å². The van der Waals surface area contributed by atoms with E-state index in [0.29, 0.717) is 11.5 Å². The summed E-state index contributed by atoms with van der Waals surface area (Å²) in [7, 11) is 0. The van der Waals surface area contributed by atoms with E-state index >= 15 is 0 Å². The molecule has 1 aliphatic carbocycles. The molecule has 86 valence electrons. The number of likely N-dealkylation sites (tertiary alicyclic amines) is 1. The molecule has 3 heteroatoms. The molecule has 2 aliphatic rings. The third-order valence-corrected chi connectivity index (χ3v) is 3.77. The highest BCUT2D eigenvalue weighted by atomic mass is 16.4. The van der Waals surface area contributed by atoms with Gasteiger partial charge in [0.05, 0.1) is 5.92 Å². The van der Waals surface area contributed by atoms with E-state index in [1.54, 1.807) is 0 Å². The van der Waals surface area contributed by atoms with Gasteiger partial charge < -0.3 is 5.11 Å². The molecule has 1 saturated heterocycles. The summed E-state index contributed by atoms with van der Waals surface area (Å²) in [5, 5.41) is 9.01. The molecule has 0 aromatic carbocycles. The first-order chi connectivity index (χ1) is 6.98. The Kier molecular flexibility index (Phi) is 2.75. The van der Waals surface area contributed by atoms with Gasteiger partial charge in [-0.1, -0.05) is 20.3 Å². The van der Waals surface area contributed by atoms with Gasteiger partial charge in [0.25, 0.3) is 0 Å². The van der Waals surface area contributed by atoms with Crippen LogP contribution in [0.3, 0.4) is 0 Å². The second-order valence-electron chi connectivity index (χ2n) is 5.92. The lowest BCUT2D eigenvalue weighted by atomic mass is 9.78. The van der Waals surface area contributed by atoms with E-state index in [4.69, 9.17) is 5.11 Å². The van der Waals surface area contributed by atoms with Crippen molar-refractivity contribution >= 4 is 5.97 Å². The maximum atomic E-state index is 10.9. The fraction of sp³-hybridized carbons (Fsp3) is 0.917. The van der Waals surface area contributed by atoms with Crippen LogP contribution in [0, 0.1) is 11.3 Å². The minimum atomic E-state index is -0.598. The van der Waals surface area contributed by atoms with Crippen molar-refractivity contribution in [1.29, 1.82) is 0 Å². The Balaban J connectivity index is 1.86. The zero-order valence-corrected chi connectivity index (χ0v) is 9.70. The molecule has 0 spiro atoms. The maximum absolute atomic E-state index is 10.9. The number of nitrogens with zero attached hydrogens (tertiary/aromatic N) is 1. The van der Waals surface area contributed by atoms with Crippen LogP contribution in [0.5, 0.6) is 0 Å². The summed E-state index contributed by atoms with van der Waals surface area (Å²) >= 11 is 0. The van der Waals surface area contributed by atoms with Crippen LogP contribution in [0.1, 0.15) is 39.5 Å². The van der Waals surface area contributed by atoms with Crippen LogP contribution < -0.4 is 0 Å². The van der Waals surface area contributed by atoms with E-state index in [1.165, 1.54) is 6.42 Å². The minimum absolute atomic E-state index is 0.0903. The van der Waals surface area contributed by atoms with Crippen molar-refractivity contribution in [3.63, 3.8) is 0 Å². The number of hydrogen-bond acceptors (Lipinski definition) is 2. The van der Waals surface area contributed by atoms with Crippen molar-refractivity contribution in [1.82, 2.24) is 4.90 Å². The minimum Gasteiger partial charge on any atom is -0.481 e. The topological polar surface area (TPSA) is 40.5 Å². The van der Waals surface area contributed by atoms with Gasteiger partial charge in [-0.3, -0.25) is 9.69 Å². The summed E-state index contributed by atoms with van der Waals surface area (Å²) in [4.78, 5) is 13.4. The number of carbonyl (C=O) groups is 1. The van der Waals surface area contributed by atoms with Crippen molar-refractivity contribution in [3.05, 3.63) is 0 Å². The van der Waals surface area contributed by atoms with E-state index in [-0.39, 0.29) is 5.92 Å². The number of aliphatic carboxylic acids is 1. The predicted molar refractivity (Wildman–Crippen MR) is 58.7 cm³/mol. The Morgan fingerprint density at radius 1 is 1.33 bits per heavy atom. The SMILES string of the molecule is CC1(C)CN(C2CCCC(C(=O)O)C2)C1.